The summed E-state index contributed by atoms with van der Waals surface area (Å²) < 4.78 is 13.4. The predicted molar refractivity (Wildman–Crippen MR) is 90.8 cm³/mol. The standard InChI is InChI=1S/C18H19FN4O2/c1-10-6-13(4-5-14(10)19)23-9-12(7-17(23)24)18(25)20-16-8-15(21-22-16)11-2-3-11/h4-6,8,11-12H,2-3,7,9H2,1H3,(H2,20,21,22,25). The van der Waals surface area contributed by atoms with Crippen molar-refractivity contribution in [3.8, 4) is 0 Å². The summed E-state index contributed by atoms with van der Waals surface area (Å²) in [5, 5.41) is 9.83. The van der Waals surface area contributed by atoms with Gasteiger partial charge in [-0.25, -0.2) is 4.39 Å². The monoisotopic (exact) mass is 342 g/mol. The quantitative estimate of drug-likeness (QED) is 0.897. The average Bonchev–Trinajstić information content (AvgIpc) is 3.21. The highest BCUT2D eigenvalue weighted by Gasteiger charge is 2.35. The van der Waals surface area contributed by atoms with Gasteiger partial charge in [-0.05, 0) is 43.5 Å². The Morgan fingerprint density at radius 1 is 1.36 bits per heavy atom. The van der Waals surface area contributed by atoms with E-state index in [1.54, 1.807) is 24.0 Å². The molecule has 2 N–H and O–H groups in total. The molecule has 7 heteroatoms. The number of anilines is 2. The van der Waals surface area contributed by atoms with E-state index >= 15 is 0 Å². The molecule has 0 radical (unpaired) electrons. The number of carbonyl (C=O) groups is 2. The summed E-state index contributed by atoms with van der Waals surface area (Å²) in [6, 6.07) is 6.39. The zero-order valence-electron chi connectivity index (χ0n) is 13.9. The fraction of sp³-hybridized carbons (Fsp3) is 0.389. The number of hydrogen-bond acceptors (Lipinski definition) is 3. The third kappa shape index (κ3) is 3.14. The minimum absolute atomic E-state index is 0.130. The van der Waals surface area contributed by atoms with Crippen LogP contribution in [0.5, 0.6) is 0 Å². The van der Waals surface area contributed by atoms with E-state index in [2.05, 4.69) is 15.5 Å². The lowest BCUT2D eigenvalue weighted by atomic mass is 10.1. The number of rotatable bonds is 4. The zero-order valence-corrected chi connectivity index (χ0v) is 13.9. The Morgan fingerprint density at radius 2 is 2.16 bits per heavy atom. The number of nitrogens with zero attached hydrogens (tertiary/aromatic N) is 2. The molecule has 25 heavy (non-hydrogen) atoms. The SMILES string of the molecule is Cc1cc(N2CC(C(=O)Nc3cc(C4CC4)n[nH]3)CC2=O)ccc1F. The molecule has 0 bridgehead atoms. The summed E-state index contributed by atoms with van der Waals surface area (Å²) >= 11 is 0. The number of halogens is 1. The van der Waals surface area contributed by atoms with Crippen molar-refractivity contribution in [2.24, 2.45) is 5.92 Å². The molecule has 2 aliphatic rings. The Labute approximate surface area is 144 Å². The largest absolute Gasteiger partial charge is 0.312 e. The van der Waals surface area contributed by atoms with Gasteiger partial charge in [0, 0.05) is 30.6 Å². The molecule has 1 aromatic heterocycles. The van der Waals surface area contributed by atoms with Gasteiger partial charge in [-0.1, -0.05) is 0 Å². The van der Waals surface area contributed by atoms with Crippen LogP contribution in [0.2, 0.25) is 0 Å². The number of aromatic nitrogens is 2. The van der Waals surface area contributed by atoms with Crippen molar-refractivity contribution in [3.05, 3.63) is 41.3 Å². The summed E-state index contributed by atoms with van der Waals surface area (Å²) in [7, 11) is 0. The molecular formula is C18H19FN4O2. The van der Waals surface area contributed by atoms with Crippen LogP contribution < -0.4 is 10.2 Å². The van der Waals surface area contributed by atoms with E-state index in [0.29, 0.717) is 29.5 Å². The number of hydrogen-bond donors (Lipinski definition) is 2. The molecule has 1 saturated heterocycles. The highest BCUT2D eigenvalue weighted by atomic mass is 19.1. The normalized spacial score (nSPS) is 20.2. The van der Waals surface area contributed by atoms with Crippen molar-refractivity contribution in [2.45, 2.75) is 32.1 Å². The van der Waals surface area contributed by atoms with Crippen LogP contribution in [0.1, 0.15) is 36.4 Å². The van der Waals surface area contributed by atoms with Crippen molar-refractivity contribution < 1.29 is 14.0 Å². The molecule has 6 nitrogen and oxygen atoms in total. The molecule has 2 aromatic rings. The maximum atomic E-state index is 13.4. The van der Waals surface area contributed by atoms with Crippen LogP contribution in [0.25, 0.3) is 0 Å². The molecule has 2 heterocycles. The first-order valence-corrected chi connectivity index (χ1v) is 8.44. The molecule has 1 unspecified atom stereocenters. The Balaban J connectivity index is 1.43. The summed E-state index contributed by atoms with van der Waals surface area (Å²) in [6.45, 7) is 1.94. The van der Waals surface area contributed by atoms with Gasteiger partial charge in [0.05, 0.1) is 11.6 Å². The van der Waals surface area contributed by atoms with Crippen LogP contribution in [0, 0.1) is 18.7 Å². The van der Waals surface area contributed by atoms with Gasteiger partial charge in [-0.2, -0.15) is 5.10 Å². The fourth-order valence-electron chi connectivity index (χ4n) is 3.15. The number of amides is 2. The molecule has 1 aromatic carbocycles. The van der Waals surface area contributed by atoms with Gasteiger partial charge in [0.25, 0.3) is 0 Å². The van der Waals surface area contributed by atoms with Crippen molar-refractivity contribution in [3.63, 3.8) is 0 Å². The first-order valence-electron chi connectivity index (χ1n) is 8.44. The van der Waals surface area contributed by atoms with E-state index in [0.717, 1.165) is 18.5 Å². The second kappa shape index (κ2) is 5.98. The molecular weight excluding hydrogens is 323 g/mol. The van der Waals surface area contributed by atoms with Crippen LogP contribution in [-0.2, 0) is 9.59 Å². The van der Waals surface area contributed by atoms with Gasteiger partial charge < -0.3 is 10.2 Å². The van der Waals surface area contributed by atoms with Gasteiger partial charge in [0.1, 0.15) is 11.6 Å². The molecule has 1 saturated carbocycles. The van der Waals surface area contributed by atoms with Crippen LogP contribution in [0.3, 0.4) is 0 Å². The molecule has 1 aliphatic carbocycles. The Morgan fingerprint density at radius 3 is 2.88 bits per heavy atom. The van der Waals surface area contributed by atoms with E-state index in [1.807, 2.05) is 6.07 Å². The topological polar surface area (TPSA) is 78.1 Å². The smallest absolute Gasteiger partial charge is 0.230 e. The Hall–Kier alpha value is -2.70. The maximum Gasteiger partial charge on any atom is 0.230 e. The fourth-order valence-corrected chi connectivity index (χ4v) is 3.15. The van der Waals surface area contributed by atoms with Crippen LogP contribution in [0.15, 0.2) is 24.3 Å². The van der Waals surface area contributed by atoms with Gasteiger partial charge in [0.15, 0.2) is 0 Å². The zero-order chi connectivity index (χ0) is 17.6. The minimum atomic E-state index is -0.439. The predicted octanol–water partition coefficient (Wildman–Crippen LogP) is 2.73. The van der Waals surface area contributed by atoms with Gasteiger partial charge >= 0.3 is 0 Å². The lowest BCUT2D eigenvalue weighted by molar-refractivity contribution is -0.122. The van der Waals surface area contributed by atoms with E-state index in [9.17, 15) is 14.0 Å². The number of benzene rings is 1. The van der Waals surface area contributed by atoms with E-state index in [4.69, 9.17) is 0 Å². The maximum absolute atomic E-state index is 13.4. The molecule has 2 amide bonds. The average molecular weight is 342 g/mol. The summed E-state index contributed by atoms with van der Waals surface area (Å²) in [5.41, 5.74) is 2.07. The third-order valence-corrected chi connectivity index (χ3v) is 4.80. The Kier molecular flexibility index (Phi) is 3.78. The van der Waals surface area contributed by atoms with Crippen molar-refractivity contribution in [1.82, 2.24) is 10.2 Å². The molecule has 0 spiro atoms. The number of H-pyrrole nitrogens is 1. The minimum Gasteiger partial charge on any atom is -0.312 e. The second-order valence-electron chi connectivity index (χ2n) is 6.81. The van der Waals surface area contributed by atoms with E-state index in [1.165, 1.54) is 6.07 Å². The third-order valence-electron chi connectivity index (χ3n) is 4.80. The summed E-state index contributed by atoms with van der Waals surface area (Å²) in [5.74, 6) is -0.0151. The first-order chi connectivity index (χ1) is 12.0. The van der Waals surface area contributed by atoms with Crippen molar-refractivity contribution in [2.75, 3.05) is 16.8 Å². The lowest BCUT2D eigenvalue weighted by Gasteiger charge is -2.17. The van der Waals surface area contributed by atoms with Crippen LogP contribution in [0.4, 0.5) is 15.9 Å². The number of nitrogens with one attached hydrogen (secondary N) is 2. The molecule has 1 aliphatic heterocycles. The van der Waals surface area contributed by atoms with Crippen LogP contribution >= 0.6 is 0 Å². The lowest BCUT2D eigenvalue weighted by Crippen LogP contribution is -2.28. The number of carbonyl (C=O) groups excluding carboxylic acids is 2. The van der Waals surface area contributed by atoms with E-state index < -0.39 is 5.92 Å². The van der Waals surface area contributed by atoms with E-state index in [-0.39, 0.29) is 24.1 Å². The Bertz CT molecular complexity index is 843. The van der Waals surface area contributed by atoms with Gasteiger partial charge in [-0.3, -0.25) is 14.7 Å². The highest BCUT2D eigenvalue weighted by Crippen LogP contribution is 2.39. The van der Waals surface area contributed by atoms with Crippen molar-refractivity contribution in [1.29, 1.82) is 0 Å². The summed E-state index contributed by atoms with van der Waals surface area (Å²) in [6.07, 6.45) is 2.43. The van der Waals surface area contributed by atoms with Gasteiger partial charge in [0.2, 0.25) is 11.8 Å². The molecule has 130 valence electrons. The number of aromatic amines is 1. The second-order valence-corrected chi connectivity index (χ2v) is 6.81. The van der Waals surface area contributed by atoms with Crippen molar-refractivity contribution >= 4 is 23.3 Å². The summed E-state index contributed by atoms with van der Waals surface area (Å²) in [4.78, 5) is 26.3. The molecule has 1 atom stereocenters. The van der Waals surface area contributed by atoms with Gasteiger partial charge in [-0.15, -0.1) is 0 Å². The first kappa shape index (κ1) is 15.8. The number of aryl methyl sites for hydroxylation is 1. The molecule has 4 rings (SSSR count). The molecule has 2 fully saturated rings. The highest BCUT2D eigenvalue weighted by molar-refractivity contribution is 6.03. The van der Waals surface area contributed by atoms with Crippen LogP contribution in [-0.4, -0.2) is 28.6 Å².